The molecule has 11 heteroatoms. The lowest BCUT2D eigenvalue weighted by Gasteiger charge is -2.23. The van der Waals surface area contributed by atoms with E-state index in [2.05, 4.69) is 5.32 Å². The number of carbonyl (C=O) groups excluding carboxylic acids is 2. The van der Waals surface area contributed by atoms with Crippen LogP contribution in [0.2, 0.25) is 0 Å². The van der Waals surface area contributed by atoms with Crippen LogP contribution in [0.5, 0.6) is 0 Å². The van der Waals surface area contributed by atoms with Gasteiger partial charge < -0.3 is 20.1 Å². The van der Waals surface area contributed by atoms with E-state index in [1.807, 2.05) is 0 Å². The molecule has 2 atom stereocenters. The van der Waals surface area contributed by atoms with E-state index in [9.17, 15) is 26.7 Å². The highest BCUT2D eigenvalue weighted by molar-refractivity contribution is 7.86. The van der Waals surface area contributed by atoms with Crippen LogP contribution in [0.1, 0.15) is 33.6 Å². The lowest BCUT2D eigenvalue weighted by atomic mass is 10.1. The van der Waals surface area contributed by atoms with E-state index in [0.29, 0.717) is 0 Å². The third-order valence-electron chi connectivity index (χ3n) is 3.41. The standard InChI is InChI=1S/C14H23FN2O7S/c1-14(2,3)24-13(21)16-10(12(19)20)4-5-17-7-9(6-11(17)18)8-25(15,22)23/h9-10H,4-8H2,1-3H3,(H,16,21)(H,19,20)/t9?,10-/m0/s1. The SMILES string of the molecule is CC(C)(C)OC(=O)N[C@@H](CCN1CC(CS(=O)(=O)F)CC1=O)C(=O)O. The van der Waals surface area contributed by atoms with Gasteiger partial charge in [-0.2, -0.15) is 8.42 Å². The van der Waals surface area contributed by atoms with E-state index >= 15 is 0 Å². The molecule has 0 bridgehead atoms. The van der Waals surface area contributed by atoms with Crippen molar-refractivity contribution >= 4 is 28.2 Å². The van der Waals surface area contributed by atoms with Gasteiger partial charge in [0, 0.05) is 25.4 Å². The van der Waals surface area contributed by atoms with Gasteiger partial charge in [0.2, 0.25) is 5.91 Å². The topological polar surface area (TPSA) is 130 Å². The van der Waals surface area contributed by atoms with Crippen LogP contribution < -0.4 is 5.32 Å². The summed E-state index contributed by atoms with van der Waals surface area (Å²) < 4.78 is 39.0. The summed E-state index contributed by atoms with van der Waals surface area (Å²) in [6, 6.07) is -1.27. The normalized spacial score (nSPS) is 19.6. The Labute approximate surface area is 145 Å². The number of carboxylic acid groups (broad SMARTS) is 1. The average molecular weight is 382 g/mol. The first-order valence-corrected chi connectivity index (χ1v) is 9.24. The van der Waals surface area contributed by atoms with Gasteiger partial charge in [-0.1, -0.05) is 0 Å². The Kier molecular flexibility index (Phi) is 6.75. The number of likely N-dealkylation sites (tertiary alicyclic amines) is 1. The highest BCUT2D eigenvalue weighted by atomic mass is 32.3. The molecule has 0 aromatic heterocycles. The van der Waals surface area contributed by atoms with Crippen LogP contribution in [0.4, 0.5) is 8.68 Å². The van der Waals surface area contributed by atoms with E-state index in [4.69, 9.17) is 9.84 Å². The number of nitrogens with one attached hydrogen (secondary N) is 1. The molecule has 9 nitrogen and oxygen atoms in total. The highest BCUT2D eigenvalue weighted by Crippen LogP contribution is 2.20. The fourth-order valence-corrected chi connectivity index (χ4v) is 3.24. The van der Waals surface area contributed by atoms with Gasteiger partial charge in [0.15, 0.2) is 0 Å². The van der Waals surface area contributed by atoms with Gasteiger partial charge in [0.1, 0.15) is 11.6 Å². The van der Waals surface area contributed by atoms with Crippen molar-refractivity contribution < 1.29 is 36.5 Å². The van der Waals surface area contributed by atoms with Crippen LogP contribution in [-0.4, -0.2) is 66.9 Å². The smallest absolute Gasteiger partial charge is 0.408 e. The number of aliphatic carboxylic acids is 1. The van der Waals surface area contributed by atoms with E-state index in [1.54, 1.807) is 20.8 Å². The molecule has 25 heavy (non-hydrogen) atoms. The average Bonchev–Trinajstić information content (AvgIpc) is 2.69. The van der Waals surface area contributed by atoms with Crippen LogP contribution in [0.15, 0.2) is 0 Å². The minimum atomic E-state index is -4.68. The number of rotatable bonds is 7. The quantitative estimate of drug-likeness (QED) is 0.613. The summed E-state index contributed by atoms with van der Waals surface area (Å²) >= 11 is 0. The van der Waals surface area contributed by atoms with E-state index in [1.165, 1.54) is 4.90 Å². The molecule has 1 unspecified atom stereocenters. The van der Waals surface area contributed by atoms with Crippen molar-refractivity contribution in [3.8, 4) is 0 Å². The first-order chi connectivity index (χ1) is 11.3. The molecule has 0 spiro atoms. The third-order valence-corrected chi connectivity index (χ3v) is 4.28. The lowest BCUT2D eigenvalue weighted by molar-refractivity contribution is -0.140. The fraction of sp³-hybridized carbons (Fsp3) is 0.786. The second-order valence-electron chi connectivity index (χ2n) is 6.94. The van der Waals surface area contributed by atoms with Crippen LogP contribution in [-0.2, 0) is 24.5 Å². The van der Waals surface area contributed by atoms with Gasteiger partial charge in [0.05, 0.1) is 5.75 Å². The molecule has 2 N–H and O–H groups in total. The van der Waals surface area contributed by atoms with Crippen molar-refractivity contribution in [1.29, 1.82) is 0 Å². The maximum absolute atomic E-state index is 12.7. The zero-order valence-corrected chi connectivity index (χ0v) is 15.1. The largest absolute Gasteiger partial charge is 0.480 e. The zero-order chi connectivity index (χ0) is 19.4. The summed E-state index contributed by atoms with van der Waals surface area (Å²) in [5.74, 6) is -3.08. The Hall–Kier alpha value is -1.91. The van der Waals surface area contributed by atoms with Crippen molar-refractivity contribution in [3.05, 3.63) is 0 Å². The van der Waals surface area contributed by atoms with Crippen LogP contribution >= 0.6 is 0 Å². The number of carbonyl (C=O) groups is 3. The molecular weight excluding hydrogens is 359 g/mol. The number of hydrogen-bond donors (Lipinski definition) is 2. The molecule has 1 heterocycles. The Balaban J connectivity index is 2.56. The number of alkyl carbamates (subject to hydrolysis) is 1. The molecule has 1 fully saturated rings. The maximum Gasteiger partial charge on any atom is 0.408 e. The van der Waals surface area contributed by atoms with Gasteiger partial charge >= 0.3 is 22.3 Å². The molecule has 1 aliphatic rings. The third kappa shape index (κ3) is 8.14. The Morgan fingerprint density at radius 2 is 2.04 bits per heavy atom. The number of hydrogen-bond acceptors (Lipinski definition) is 6. The summed E-state index contributed by atoms with van der Waals surface area (Å²) in [5.41, 5.74) is -0.789. The number of nitrogens with zero attached hydrogens (tertiary/aromatic N) is 1. The minimum absolute atomic E-state index is 0.00552. The molecule has 0 saturated carbocycles. The van der Waals surface area contributed by atoms with Gasteiger partial charge in [-0.15, -0.1) is 3.89 Å². The molecule has 2 amide bonds. The first kappa shape index (κ1) is 21.1. The van der Waals surface area contributed by atoms with E-state index < -0.39 is 45.6 Å². The molecule has 0 aliphatic carbocycles. The Morgan fingerprint density at radius 3 is 2.52 bits per heavy atom. The highest BCUT2D eigenvalue weighted by Gasteiger charge is 2.33. The summed E-state index contributed by atoms with van der Waals surface area (Å²) in [5, 5.41) is 11.4. The molecule has 1 rings (SSSR count). The van der Waals surface area contributed by atoms with Crippen molar-refractivity contribution in [2.45, 2.75) is 45.3 Å². The van der Waals surface area contributed by atoms with Crippen LogP contribution in [0.25, 0.3) is 0 Å². The Morgan fingerprint density at radius 1 is 1.44 bits per heavy atom. The molecular formula is C14H23FN2O7S. The number of halogens is 1. The lowest BCUT2D eigenvalue weighted by Crippen LogP contribution is -2.45. The molecule has 144 valence electrons. The van der Waals surface area contributed by atoms with Gasteiger partial charge in [-0.05, 0) is 27.2 Å². The van der Waals surface area contributed by atoms with Crippen molar-refractivity contribution in [3.63, 3.8) is 0 Å². The summed E-state index contributed by atoms with van der Waals surface area (Å²) in [6.45, 7) is 4.91. The molecule has 0 radical (unpaired) electrons. The predicted octanol–water partition coefficient (Wildman–Crippen LogP) is 0.502. The van der Waals surface area contributed by atoms with Crippen LogP contribution in [0, 0.1) is 5.92 Å². The predicted molar refractivity (Wildman–Crippen MR) is 85.0 cm³/mol. The monoisotopic (exact) mass is 382 g/mol. The maximum atomic E-state index is 12.7. The van der Waals surface area contributed by atoms with E-state index in [0.717, 1.165) is 0 Å². The van der Waals surface area contributed by atoms with Gasteiger partial charge in [-0.3, -0.25) is 4.79 Å². The second-order valence-corrected chi connectivity index (χ2v) is 8.35. The van der Waals surface area contributed by atoms with Crippen molar-refractivity contribution in [2.24, 2.45) is 5.92 Å². The fourth-order valence-electron chi connectivity index (χ4n) is 2.46. The van der Waals surface area contributed by atoms with Gasteiger partial charge in [0.25, 0.3) is 0 Å². The summed E-state index contributed by atoms with van der Waals surface area (Å²) in [7, 11) is -4.68. The Bertz CT molecular complexity index is 630. The summed E-state index contributed by atoms with van der Waals surface area (Å²) in [6.07, 6.45) is -1.09. The molecule has 0 aromatic carbocycles. The minimum Gasteiger partial charge on any atom is -0.480 e. The number of ether oxygens (including phenoxy) is 1. The van der Waals surface area contributed by atoms with Crippen molar-refractivity contribution in [2.75, 3.05) is 18.8 Å². The summed E-state index contributed by atoms with van der Waals surface area (Å²) in [4.78, 5) is 36.0. The van der Waals surface area contributed by atoms with E-state index in [-0.39, 0.29) is 31.8 Å². The van der Waals surface area contributed by atoms with Crippen molar-refractivity contribution in [1.82, 2.24) is 10.2 Å². The second kappa shape index (κ2) is 7.98. The molecule has 0 aromatic rings. The molecule has 1 saturated heterocycles. The first-order valence-electron chi connectivity index (χ1n) is 7.69. The number of amides is 2. The van der Waals surface area contributed by atoms with Crippen LogP contribution in [0.3, 0.4) is 0 Å². The molecule has 1 aliphatic heterocycles. The van der Waals surface area contributed by atoms with Gasteiger partial charge in [-0.25, -0.2) is 9.59 Å². The number of carboxylic acids is 1. The zero-order valence-electron chi connectivity index (χ0n) is 14.3.